The number of aromatic amines is 1. The van der Waals surface area contributed by atoms with Gasteiger partial charge >= 0.3 is 5.97 Å². The predicted molar refractivity (Wildman–Crippen MR) is 70.5 cm³/mol. The third-order valence-electron chi connectivity index (χ3n) is 2.83. The Hall–Kier alpha value is -2.03. The highest BCUT2D eigenvalue weighted by Crippen LogP contribution is 2.13. The van der Waals surface area contributed by atoms with Crippen molar-refractivity contribution < 1.29 is 9.53 Å². The van der Waals surface area contributed by atoms with Gasteiger partial charge in [0.05, 0.1) is 0 Å². The van der Waals surface area contributed by atoms with E-state index in [1.54, 1.807) is 0 Å². The third kappa shape index (κ3) is 2.80. The maximum Gasteiger partial charge on any atom is 0.355 e. The summed E-state index contributed by atoms with van der Waals surface area (Å²) in [7, 11) is 0. The second-order valence-corrected chi connectivity index (χ2v) is 4.27. The Kier molecular flexibility index (Phi) is 3.82. The molecule has 18 heavy (non-hydrogen) atoms. The standard InChI is InChI=1S/C15H17NO2/c1-3-13-9-11(2)16-14(13)15(17)18-10-12-7-5-4-6-8-12/h4-9,16H,3,10H2,1-2H3. The zero-order valence-electron chi connectivity index (χ0n) is 10.7. The van der Waals surface area contributed by atoms with Gasteiger partial charge in [-0.2, -0.15) is 0 Å². The second kappa shape index (κ2) is 5.54. The Morgan fingerprint density at radius 1 is 1.28 bits per heavy atom. The summed E-state index contributed by atoms with van der Waals surface area (Å²) in [5, 5.41) is 0. The Morgan fingerprint density at radius 3 is 2.67 bits per heavy atom. The highest BCUT2D eigenvalue weighted by molar-refractivity contribution is 5.89. The number of hydrogen-bond donors (Lipinski definition) is 1. The average molecular weight is 243 g/mol. The van der Waals surface area contributed by atoms with Gasteiger partial charge in [-0.3, -0.25) is 0 Å². The lowest BCUT2D eigenvalue weighted by molar-refractivity contribution is 0.0465. The Balaban J connectivity index is 2.04. The van der Waals surface area contributed by atoms with Crippen LogP contribution in [0.25, 0.3) is 0 Å². The SMILES string of the molecule is CCc1cc(C)[nH]c1C(=O)OCc1ccccc1. The van der Waals surface area contributed by atoms with Crippen LogP contribution >= 0.6 is 0 Å². The van der Waals surface area contributed by atoms with Crippen LogP contribution in [0, 0.1) is 6.92 Å². The molecule has 0 atom stereocenters. The molecule has 3 heteroatoms. The normalized spacial score (nSPS) is 10.3. The maximum atomic E-state index is 12.0. The first kappa shape index (κ1) is 12.4. The van der Waals surface area contributed by atoms with E-state index in [2.05, 4.69) is 4.98 Å². The zero-order valence-corrected chi connectivity index (χ0v) is 10.7. The highest BCUT2D eigenvalue weighted by atomic mass is 16.5. The fraction of sp³-hybridized carbons (Fsp3) is 0.267. The van der Waals surface area contributed by atoms with Crippen LogP contribution in [0.4, 0.5) is 0 Å². The van der Waals surface area contributed by atoms with Crippen LogP contribution in [-0.2, 0) is 17.8 Å². The first-order valence-corrected chi connectivity index (χ1v) is 6.10. The van der Waals surface area contributed by atoms with E-state index in [-0.39, 0.29) is 5.97 Å². The van der Waals surface area contributed by atoms with Gasteiger partial charge in [0.2, 0.25) is 0 Å². The van der Waals surface area contributed by atoms with Crippen molar-refractivity contribution in [2.24, 2.45) is 0 Å². The van der Waals surface area contributed by atoms with E-state index in [4.69, 9.17) is 4.74 Å². The highest BCUT2D eigenvalue weighted by Gasteiger charge is 2.14. The van der Waals surface area contributed by atoms with Gasteiger partial charge in [0.15, 0.2) is 0 Å². The van der Waals surface area contributed by atoms with Gasteiger partial charge in [-0.25, -0.2) is 4.79 Å². The molecule has 2 aromatic rings. The Morgan fingerprint density at radius 2 is 2.00 bits per heavy atom. The number of hydrogen-bond acceptors (Lipinski definition) is 2. The number of aromatic nitrogens is 1. The van der Waals surface area contributed by atoms with E-state index in [0.29, 0.717) is 12.3 Å². The molecule has 0 saturated carbocycles. The lowest BCUT2D eigenvalue weighted by Gasteiger charge is -2.05. The number of nitrogens with one attached hydrogen (secondary N) is 1. The average Bonchev–Trinajstić information content (AvgIpc) is 2.78. The van der Waals surface area contributed by atoms with E-state index in [0.717, 1.165) is 23.2 Å². The number of benzene rings is 1. The van der Waals surface area contributed by atoms with Gasteiger partial charge < -0.3 is 9.72 Å². The number of H-pyrrole nitrogens is 1. The Labute approximate surface area is 107 Å². The molecule has 0 bridgehead atoms. The summed E-state index contributed by atoms with van der Waals surface area (Å²) < 4.78 is 5.30. The molecule has 0 fully saturated rings. The molecule has 0 aliphatic carbocycles. The van der Waals surface area contributed by atoms with Crippen molar-refractivity contribution in [3.63, 3.8) is 0 Å². The van der Waals surface area contributed by atoms with Crippen molar-refractivity contribution in [2.45, 2.75) is 26.9 Å². The molecule has 1 aromatic heterocycles. The van der Waals surface area contributed by atoms with E-state index in [9.17, 15) is 4.79 Å². The van der Waals surface area contributed by atoms with Crippen LogP contribution < -0.4 is 0 Å². The van der Waals surface area contributed by atoms with Gasteiger partial charge in [-0.05, 0) is 30.5 Å². The van der Waals surface area contributed by atoms with Gasteiger partial charge in [0.1, 0.15) is 12.3 Å². The second-order valence-electron chi connectivity index (χ2n) is 4.27. The van der Waals surface area contributed by atoms with Crippen molar-refractivity contribution in [3.8, 4) is 0 Å². The van der Waals surface area contributed by atoms with Crippen molar-refractivity contribution >= 4 is 5.97 Å². The van der Waals surface area contributed by atoms with Crippen LogP contribution in [0.1, 0.15) is 34.2 Å². The summed E-state index contributed by atoms with van der Waals surface area (Å²) >= 11 is 0. The van der Waals surface area contributed by atoms with Crippen LogP contribution in [-0.4, -0.2) is 11.0 Å². The Bertz CT molecular complexity index is 529. The molecule has 0 aliphatic heterocycles. The van der Waals surface area contributed by atoms with Crippen molar-refractivity contribution in [1.82, 2.24) is 4.98 Å². The van der Waals surface area contributed by atoms with Crippen LogP contribution in [0.3, 0.4) is 0 Å². The zero-order chi connectivity index (χ0) is 13.0. The van der Waals surface area contributed by atoms with Crippen molar-refractivity contribution in [3.05, 3.63) is 58.9 Å². The summed E-state index contributed by atoms with van der Waals surface area (Å²) in [4.78, 5) is 15.0. The van der Waals surface area contributed by atoms with Crippen LogP contribution in [0.2, 0.25) is 0 Å². The summed E-state index contributed by atoms with van der Waals surface area (Å²) in [6.07, 6.45) is 0.820. The molecule has 0 unspecified atom stereocenters. The molecule has 1 aromatic carbocycles. The van der Waals surface area contributed by atoms with E-state index < -0.39 is 0 Å². The molecule has 0 radical (unpaired) electrons. The predicted octanol–water partition coefficient (Wildman–Crippen LogP) is 3.24. The third-order valence-corrected chi connectivity index (χ3v) is 2.83. The first-order valence-electron chi connectivity index (χ1n) is 6.10. The largest absolute Gasteiger partial charge is 0.456 e. The number of esters is 1. The quantitative estimate of drug-likeness (QED) is 0.837. The fourth-order valence-corrected chi connectivity index (χ4v) is 1.90. The minimum absolute atomic E-state index is 0.288. The summed E-state index contributed by atoms with van der Waals surface area (Å²) in [5.74, 6) is -0.288. The topological polar surface area (TPSA) is 42.1 Å². The number of carbonyl (C=O) groups is 1. The van der Waals surface area contributed by atoms with Gasteiger partial charge in [-0.1, -0.05) is 37.3 Å². The van der Waals surface area contributed by atoms with Crippen LogP contribution in [0.15, 0.2) is 36.4 Å². The van der Waals surface area contributed by atoms with Gasteiger partial charge in [0.25, 0.3) is 0 Å². The van der Waals surface area contributed by atoms with Crippen molar-refractivity contribution in [1.29, 1.82) is 0 Å². The fourth-order valence-electron chi connectivity index (χ4n) is 1.90. The molecule has 0 aliphatic rings. The lowest BCUT2D eigenvalue weighted by Crippen LogP contribution is -2.08. The number of aryl methyl sites for hydroxylation is 2. The first-order chi connectivity index (χ1) is 8.70. The smallest absolute Gasteiger partial charge is 0.355 e. The molecule has 0 amide bonds. The number of rotatable bonds is 4. The number of ether oxygens (including phenoxy) is 1. The molecule has 2 rings (SSSR count). The summed E-state index contributed by atoms with van der Waals surface area (Å²) in [6, 6.07) is 11.7. The molecule has 3 nitrogen and oxygen atoms in total. The summed E-state index contributed by atoms with van der Waals surface area (Å²) in [5.41, 5.74) is 3.56. The molecular weight excluding hydrogens is 226 g/mol. The van der Waals surface area contributed by atoms with E-state index in [1.807, 2.05) is 50.2 Å². The molecular formula is C15H17NO2. The van der Waals surface area contributed by atoms with Gasteiger partial charge in [0, 0.05) is 5.69 Å². The maximum absolute atomic E-state index is 12.0. The van der Waals surface area contributed by atoms with Crippen molar-refractivity contribution in [2.75, 3.05) is 0 Å². The summed E-state index contributed by atoms with van der Waals surface area (Å²) in [6.45, 7) is 4.27. The van der Waals surface area contributed by atoms with Gasteiger partial charge in [-0.15, -0.1) is 0 Å². The van der Waals surface area contributed by atoms with E-state index in [1.165, 1.54) is 0 Å². The monoisotopic (exact) mass is 243 g/mol. The molecule has 0 saturated heterocycles. The molecule has 0 spiro atoms. The molecule has 1 heterocycles. The molecule has 94 valence electrons. The van der Waals surface area contributed by atoms with Crippen LogP contribution in [0.5, 0.6) is 0 Å². The minimum Gasteiger partial charge on any atom is -0.456 e. The minimum atomic E-state index is -0.288. The van der Waals surface area contributed by atoms with E-state index >= 15 is 0 Å². The lowest BCUT2D eigenvalue weighted by atomic mass is 10.2. The number of carbonyl (C=O) groups excluding carboxylic acids is 1. The molecule has 1 N–H and O–H groups in total.